The summed E-state index contributed by atoms with van der Waals surface area (Å²) < 4.78 is 10.8. The zero-order valence-electron chi connectivity index (χ0n) is 12.7. The van der Waals surface area contributed by atoms with E-state index >= 15 is 0 Å². The quantitative estimate of drug-likeness (QED) is 0.854. The molecule has 4 heteroatoms. The van der Waals surface area contributed by atoms with Gasteiger partial charge in [0.05, 0.1) is 12.9 Å². The van der Waals surface area contributed by atoms with Crippen LogP contribution in [0.3, 0.4) is 0 Å². The third kappa shape index (κ3) is 4.19. The first-order valence-corrected chi connectivity index (χ1v) is 7.87. The molecule has 1 saturated heterocycles. The van der Waals surface area contributed by atoms with E-state index < -0.39 is 6.10 Å². The fraction of sp³-hybridized carbons (Fsp3) is 0.444. The number of rotatable bonds is 7. The van der Waals surface area contributed by atoms with E-state index in [0.29, 0.717) is 18.2 Å². The zero-order chi connectivity index (χ0) is 15.2. The molecule has 0 amide bonds. The lowest BCUT2D eigenvalue weighted by molar-refractivity contribution is 0.0797. The van der Waals surface area contributed by atoms with Crippen molar-refractivity contribution in [3.8, 4) is 0 Å². The Morgan fingerprint density at radius 2 is 2.05 bits per heavy atom. The molecule has 1 fully saturated rings. The number of furan rings is 1. The van der Waals surface area contributed by atoms with Gasteiger partial charge in [0.25, 0.3) is 0 Å². The Hall–Kier alpha value is -1.62. The molecule has 1 aliphatic rings. The van der Waals surface area contributed by atoms with Gasteiger partial charge in [0.2, 0.25) is 0 Å². The van der Waals surface area contributed by atoms with Crippen LogP contribution in [0.4, 0.5) is 0 Å². The maximum atomic E-state index is 10.4. The van der Waals surface area contributed by atoms with E-state index in [4.69, 9.17) is 9.15 Å². The van der Waals surface area contributed by atoms with Crippen molar-refractivity contribution >= 4 is 0 Å². The lowest BCUT2D eigenvalue weighted by Crippen LogP contribution is -2.33. The molecule has 22 heavy (non-hydrogen) atoms. The molecular formula is C18H23NO3. The van der Waals surface area contributed by atoms with E-state index in [1.54, 1.807) is 6.26 Å². The van der Waals surface area contributed by atoms with Gasteiger partial charge in [-0.2, -0.15) is 0 Å². The Kier molecular flexibility index (Phi) is 5.27. The second-order valence-corrected chi connectivity index (χ2v) is 5.94. The van der Waals surface area contributed by atoms with Crippen LogP contribution in [0, 0.1) is 5.92 Å². The standard InChI is InChI=1S/C18H23NO3/c20-17(18-7-4-9-22-18)13-19(12-16-8-10-21-14-16)11-15-5-2-1-3-6-15/h1-7,9,16-17,20H,8,10-14H2. The minimum Gasteiger partial charge on any atom is -0.467 e. The third-order valence-electron chi connectivity index (χ3n) is 4.09. The fourth-order valence-electron chi connectivity index (χ4n) is 2.95. The molecule has 4 nitrogen and oxygen atoms in total. The molecule has 0 bridgehead atoms. The summed E-state index contributed by atoms with van der Waals surface area (Å²) >= 11 is 0. The molecule has 1 aromatic carbocycles. The fourth-order valence-corrected chi connectivity index (χ4v) is 2.95. The normalized spacial score (nSPS) is 19.6. The Balaban J connectivity index is 1.64. The van der Waals surface area contributed by atoms with Gasteiger partial charge in [-0.1, -0.05) is 30.3 Å². The first kappa shape index (κ1) is 15.3. The van der Waals surface area contributed by atoms with Crippen LogP contribution in [0.1, 0.15) is 23.8 Å². The number of hydrogen-bond acceptors (Lipinski definition) is 4. The van der Waals surface area contributed by atoms with Crippen molar-refractivity contribution in [2.24, 2.45) is 5.92 Å². The van der Waals surface area contributed by atoms with Crippen molar-refractivity contribution < 1.29 is 14.3 Å². The van der Waals surface area contributed by atoms with Crippen molar-refractivity contribution in [1.29, 1.82) is 0 Å². The van der Waals surface area contributed by atoms with Crippen molar-refractivity contribution in [1.82, 2.24) is 4.90 Å². The summed E-state index contributed by atoms with van der Waals surface area (Å²) in [5.41, 5.74) is 1.26. The van der Waals surface area contributed by atoms with E-state index in [-0.39, 0.29) is 0 Å². The molecule has 2 atom stereocenters. The first-order valence-electron chi connectivity index (χ1n) is 7.87. The van der Waals surface area contributed by atoms with Gasteiger partial charge >= 0.3 is 0 Å². The molecule has 1 N–H and O–H groups in total. The lowest BCUT2D eigenvalue weighted by atomic mass is 10.1. The summed E-state index contributed by atoms with van der Waals surface area (Å²) in [5.74, 6) is 1.17. The molecule has 0 saturated carbocycles. The number of aliphatic hydroxyl groups excluding tert-OH is 1. The number of benzene rings is 1. The van der Waals surface area contributed by atoms with Crippen LogP contribution >= 0.6 is 0 Å². The van der Waals surface area contributed by atoms with Crippen LogP contribution in [0.5, 0.6) is 0 Å². The largest absolute Gasteiger partial charge is 0.467 e. The average molecular weight is 301 g/mol. The van der Waals surface area contributed by atoms with E-state index in [1.165, 1.54) is 5.56 Å². The molecule has 3 rings (SSSR count). The van der Waals surface area contributed by atoms with Crippen molar-refractivity contribution in [3.05, 3.63) is 60.1 Å². The predicted molar refractivity (Wildman–Crippen MR) is 84.3 cm³/mol. The number of nitrogens with zero attached hydrogens (tertiary/aromatic N) is 1. The highest BCUT2D eigenvalue weighted by Gasteiger charge is 2.22. The van der Waals surface area contributed by atoms with Crippen LogP contribution in [-0.2, 0) is 11.3 Å². The smallest absolute Gasteiger partial charge is 0.133 e. The topological polar surface area (TPSA) is 45.8 Å². The Labute approximate surface area is 131 Å². The Morgan fingerprint density at radius 3 is 2.73 bits per heavy atom. The summed E-state index contributed by atoms with van der Waals surface area (Å²) in [5, 5.41) is 10.4. The summed E-state index contributed by atoms with van der Waals surface area (Å²) in [6, 6.07) is 14.0. The van der Waals surface area contributed by atoms with Crippen LogP contribution in [-0.4, -0.2) is 36.3 Å². The van der Waals surface area contributed by atoms with E-state index in [9.17, 15) is 5.11 Å². The molecule has 2 heterocycles. The Bertz CT molecular complexity index is 535. The molecule has 0 radical (unpaired) electrons. The SMILES string of the molecule is OC(CN(Cc1ccccc1)CC1CCOC1)c1ccco1. The van der Waals surface area contributed by atoms with Crippen LogP contribution in [0.25, 0.3) is 0 Å². The van der Waals surface area contributed by atoms with Crippen molar-refractivity contribution in [2.45, 2.75) is 19.1 Å². The van der Waals surface area contributed by atoms with E-state index in [0.717, 1.165) is 32.7 Å². The van der Waals surface area contributed by atoms with Gasteiger partial charge in [0.15, 0.2) is 0 Å². The molecule has 0 aliphatic carbocycles. The summed E-state index contributed by atoms with van der Waals surface area (Å²) in [6.45, 7) is 4.01. The van der Waals surface area contributed by atoms with Gasteiger partial charge in [-0.3, -0.25) is 4.90 Å². The van der Waals surface area contributed by atoms with Crippen LogP contribution < -0.4 is 0 Å². The van der Waals surface area contributed by atoms with E-state index in [1.807, 2.05) is 18.2 Å². The summed E-state index contributed by atoms with van der Waals surface area (Å²) in [7, 11) is 0. The van der Waals surface area contributed by atoms with Crippen molar-refractivity contribution in [2.75, 3.05) is 26.3 Å². The van der Waals surface area contributed by atoms with Gasteiger partial charge in [0, 0.05) is 26.2 Å². The first-order chi connectivity index (χ1) is 10.8. The van der Waals surface area contributed by atoms with Gasteiger partial charge in [-0.15, -0.1) is 0 Å². The highest BCUT2D eigenvalue weighted by Crippen LogP contribution is 2.20. The third-order valence-corrected chi connectivity index (χ3v) is 4.09. The van der Waals surface area contributed by atoms with Gasteiger partial charge in [-0.25, -0.2) is 0 Å². The lowest BCUT2D eigenvalue weighted by Gasteiger charge is -2.26. The maximum Gasteiger partial charge on any atom is 0.133 e. The average Bonchev–Trinajstić information content (AvgIpc) is 3.21. The zero-order valence-corrected chi connectivity index (χ0v) is 12.7. The molecule has 1 aromatic heterocycles. The number of aliphatic hydroxyl groups is 1. The van der Waals surface area contributed by atoms with Crippen molar-refractivity contribution in [3.63, 3.8) is 0 Å². The Morgan fingerprint density at radius 1 is 1.18 bits per heavy atom. The molecule has 118 valence electrons. The van der Waals surface area contributed by atoms with Gasteiger partial charge in [0.1, 0.15) is 11.9 Å². The molecule has 0 spiro atoms. The highest BCUT2D eigenvalue weighted by atomic mass is 16.5. The minimum absolute atomic E-state index is 0.549. The van der Waals surface area contributed by atoms with Crippen LogP contribution in [0.2, 0.25) is 0 Å². The maximum absolute atomic E-state index is 10.4. The molecular weight excluding hydrogens is 278 g/mol. The monoisotopic (exact) mass is 301 g/mol. The van der Waals surface area contributed by atoms with Crippen LogP contribution in [0.15, 0.2) is 53.1 Å². The number of hydrogen-bond donors (Lipinski definition) is 1. The number of ether oxygens (including phenoxy) is 1. The second kappa shape index (κ2) is 7.58. The minimum atomic E-state index is -0.596. The molecule has 1 aliphatic heterocycles. The van der Waals surface area contributed by atoms with Gasteiger partial charge in [-0.05, 0) is 30.0 Å². The highest BCUT2D eigenvalue weighted by molar-refractivity contribution is 5.14. The second-order valence-electron chi connectivity index (χ2n) is 5.94. The summed E-state index contributed by atoms with van der Waals surface area (Å²) in [6.07, 6.45) is 2.11. The predicted octanol–water partition coefficient (Wildman–Crippen LogP) is 2.85. The van der Waals surface area contributed by atoms with E-state index in [2.05, 4.69) is 29.2 Å². The van der Waals surface area contributed by atoms with Gasteiger partial charge < -0.3 is 14.3 Å². The summed E-state index contributed by atoms with van der Waals surface area (Å²) in [4.78, 5) is 2.29. The molecule has 2 aromatic rings. The molecule has 2 unspecified atom stereocenters.